The molecular weight excluding hydrogens is 547 g/mol. The Kier molecular flexibility index (Phi) is 8.51. The number of nitrogens with one attached hydrogen (secondary N) is 1. The minimum atomic E-state index is -4.35. The molecule has 0 aliphatic carbocycles. The third-order valence-electron chi connectivity index (χ3n) is 7.09. The van der Waals surface area contributed by atoms with Crippen LogP contribution in [0.5, 0.6) is 0 Å². The van der Waals surface area contributed by atoms with Gasteiger partial charge in [-0.05, 0) is 66.4 Å². The molecule has 1 aliphatic heterocycles. The van der Waals surface area contributed by atoms with E-state index in [-0.39, 0.29) is 12.5 Å². The zero-order valence-corrected chi connectivity index (χ0v) is 23.0. The van der Waals surface area contributed by atoms with Crippen LogP contribution in [0.3, 0.4) is 0 Å². The van der Waals surface area contributed by atoms with E-state index >= 15 is 0 Å². The summed E-state index contributed by atoms with van der Waals surface area (Å²) >= 11 is 0. The Hall–Kier alpha value is -4.74. The molecule has 1 aromatic carbocycles. The van der Waals surface area contributed by atoms with Gasteiger partial charge in [-0.25, -0.2) is 4.52 Å². The summed E-state index contributed by atoms with van der Waals surface area (Å²) in [5.74, 6) is -0.211. The number of rotatable bonds is 9. The normalized spacial score (nSPS) is 13.6. The number of carbonyl (C=O) groups excluding carboxylic acids is 2. The fourth-order valence-electron chi connectivity index (χ4n) is 4.75. The quantitative estimate of drug-likeness (QED) is 0.296. The van der Waals surface area contributed by atoms with Crippen LogP contribution in [0.4, 0.5) is 24.8 Å². The maximum atomic E-state index is 12.9. The van der Waals surface area contributed by atoms with E-state index in [0.29, 0.717) is 48.8 Å². The van der Waals surface area contributed by atoms with Crippen molar-refractivity contribution in [2.75, 3.05) is 32.0 Å². The number of halogens is 3. The van der Waals surface area contributed by atoms with E-state index in [4.69, 9.17) is 0 Å². The molecule has 9 nitrogen and oxygen atoms in total. The molecule has 1 aliphatic rings. The number of alkyl halides is 3. The van der Waals surface area contributed by atoms with E-state index in [2.05, 4.69) is 20.4 Å². The van der Waals surface area contributed by atoms with Crippen molar-refractivity contribution >= 4 is 34.7 Å². The lowest BCUT2D eigenvalue weighted by atomic mass is 10.00. The molecule has 0 radical (unpaired) electrons. The summed E-state index contributed by atoms with van der Waals surface area (Å²) in [4.78, 5) is 36.9. The van der Waals surface area contributed by atoms with E-state index in [1.807, 2.05) is 30.3 Å². The molecule has 0 spiro atoms. The second-order valence-electron chi connectivity index (χ2n) is 10.1. The molecule has 0 bridgehead atoms. The number of amides is 2. The minimum Gasteiger partial charge on any atom is -0.341 e. The number of anilines is 2. The van der Waals surface area contributed by atoms with E-state index in [1.165, 1.54) is 4.90 Å². The predicted octanol–water partition coefficient (Wildman–Crippen LogP) is 5.14. The van der Waals surface area contributed by atoms with Crippen LogP contribution < -0.4 is 5.32 Å². The van der Waals surface area contributed by atoms with Crippen LogP contribution in [0.1, 0.15) is 40.7 Å². The highest BCUT2D eigenvalue weighted by atomic mass is 19.4. The number of carbonyl (C=O) groups is 2. The number of fused-ring (bicyclic) bond motifs is 1. The van der Waals surface area contributed by atoms with Gasteiger partial charge in [0.1, 0.15) is 0 Å². The zero-order valence-electron chi connectivity index (χ0n) is 23.0. The van der Waals surface area contributed by atoms with Crippen LogP contribution >= 0.6 is 0 Å². The molecule has 1 N–H and O–H groups in total. The van der Waals surface area contributed by atoms with Crippen LogP contribution in [0.2, 0.25) is 0 Å². The van der Waals surface area contributed by atoms with Crippen molar-refractivity contribution in [3.8, 4) is 0 Å². The van der Waals surface area contributed by atoms with Crippen LogP contribution in [-0.4, -0.2) is 74.1 Å². The van der Waals surface area contributed by atoms with Gasteiger partial charge in [-0.2, -0.15) is 18.2 Å². The smallest absolute Gasteiger partial charge is 0.341 e. The Bertz CT molecular complexity index is 1580. The lowest BCUT2D eigenvalue weighted by molar-refractivity contribution is -0.148. The van der Waals surface area contributed by atoms with Gasteiger partial charge >= 0.3 is 6.18 Å². The first-order valence-electron chi connectivity index (χ1n) is 13.6. The monoisotopic (exact) mass is 577 g/mol. The summed E-state index contributed by atoms with van der Waals surface area (Å²) < 4.78 is 39.1. The van der Waals surface area contributed by atoms with Gasteiger partial charge in [0, 0.05) is 68.5 Å². The van der Waals surface area contributed by atoms with Crippen LogP contribution in [0.15, 0.2) is 73.2 Å². The Morgan fingerprint density at radius 1 is 1.10 bits per heavy atom. The molecule has 0 unspecified atom stereocenters. The van der Waals surface area contributed by atoms with E-state index in [9.17, 15) is 22.8 Å². The van der Waals surface area contributed by atoms with Crippen molar-refractivity contribution in [3.05, 3.63) is 89.9 Å². The van der Waals surface area contributed by atoms with Gasteiger partial charge in [-0.15, -0.1) is 5.10 Å². The molecule has 4 heterocycles. The minimum absolute atomic E-state index is 0.0812. The first-order chi connectivity index (χ1) is 20.2. The highest BCUT2D eigenvalue weighted by Gasteiger charge is 2.29. The molecule has 0 atom stereocenters. The van der Waals surface area contributed by atoms with E-state index in [1.54, 1.807) is 59.3 Å². The van der Waals surface area contributed by atoms with Crippen molar-refractivity contribution < 1.29 is 22.8 Å². The second-order valence-corrected chi connectivity index (χ2v) is 10.1. The molecule has 0 fully saturated rings. The molecule has 0 saturated heterocycles. The fraction of sp³-hybridized carbons (Fsp3) is 0.300. The Labute approximate surface area is 240 Å². The van der Waals surface area contributed by atoms with Crippen molar-refractivity contribution in [2.24, 2.45) is 0 Å². The molecule has 0 saturated carbocycles. The zero-order chi connectivity index (χ0) is 29.7. The first-order valence-corrected chi connectivity index (χ1v) is 13.6. The number of pyridine rings is 2. The van der Waals surface area contributed by atoms with Crippen LogP contribution in [0, 0.1) is 0 Å². The van der Waals surface area contributed by atoms with Gasteiger partial charge in [0.25, 0.3) is 5.91 Å². The van der Waals surface area contributed by atoms with Gasteiger partial charge in [-0.1, -0.05) is 12.1 Å². The summed E-state index contributed by atoms with van der Waals surface area (Å²) in [5, 5.41) is 7.68. The molecule has 2 amide bonds. The van der Waals surface area contributed by atoms with E-state index < -0.39 is 24.9 Å². The third kappa shape index (κ3) is 7.12. The number of hydrogen-bond acceptors (Lipinski definition) is 6. The molecule has 5 rings (SSSR count). The largest absolute Gasteiger partial charge is 0.389 e. The molecule has 4 aromatic rings. The first kappa shape index (κ1) is 28.8. The predicted molar refractivity (Wildman–Crippen MR) is 152 cm³/mol. The van der Waals surface area contributed by atoms with Crippen molar-refractivity contribution in [2.45, 2.75) is 31.9 Å². The number of benzene rings is 1. The number of hydrogen-bond donors (Lipinski definition) is 1. The van der Waals surface area contributed by atoms with Crippen LogP contribution in [-0.2, 0) is 11.2 Å². The lowest BCUT2D eigenvalue weighted by Crippen LogP contribution is -2.35. The molecule has 218 valence electrons. The number of nitrogens with zero attached hydrogens (tertiary/aromatic N) is 6. The summed E-state index contributed by atoms with van der Waals surface area (Å²) in [6.07, 6.45) is 2.35. The Morgan fingerprint density at radius 2 is 1.90 bits per heavy atom. The Balaban J connectivity index is 1.21. The standard InChI is InChI=1S/C30H30F3N7O2/c1-38(17-11-21-4-2-15-34-20-21)28(42)23-6-8-24(9-7-23)35-29-36-27-25(5-3-16-40(27)37-29)22-12-18-39(19-13-22)26(41)10-14-30(31,32)33/h2-9,12,15-16,20H,10-11,13-14,17-19H2,1H3,(H,35,37). The van der Waals surface area contributed by atoms with Gasteiger partial charge in [0.05, 0.1) is 6.42 Å². The molecule has 12 heteroatoms. The highest BCUT2D eigenvalue weighted by Crippen LogP contribution is 2.28. The summed E-state index contributed by atoms with van der Waals surface area (Å²) in [6, 6.07) is 14.7. The number of likely N-dealkylation sites (N-methyl/N-ethyl adjacent to an activating group) is 1. The molecule has 42 heavy (non-hydrogen) atoms. The van der Waals surface area contributed by atoms with Crippen molar-refractivity contribution in [1.29, 1.82) is 0 Å². The van der Waals surface area contributed by atoms with Crippen molar-refractivity contribution in [3.63, 3.8) is 0 Å². The summed E-state index contributed by atoms with van der Waals surface area (Å²) in [6.45, 7) is 1.16. The third-order valence-corrected chi connectivity index (χ3v) is 7.09. The average Bonchev–Trinajstić information content (AvgIpc) is 3.41. The fourth-order valence-corrected chi connectivity index (χ4v) is 4.75. The van der Waals surface area contributed by atoms with Gasteiger partial charge in [-0.3, -0.25) is 14.6 Å². The Morgan fingerprint density at radius 3 is 2.60 bits per heavy atom. The molecular formula is C30H30F3N7O2. The maximum absolute atomic E-state index is 12.9. The lowest BCUT2D eigenvalue weighted by Gasteiger charge is -2.27. The average molecular weight is 578 g/mol. The topological polar surface area (TPSA) is 95.7 Å². The SMILES string of the molecule is CN(CCc1cccnc1)C(=O)c1ccc(Nc2nc3c(C4=CCN(C(=O)CCC(F)(F)F)CC4)cccn3n2)cc1. The van der Waals surface area contributed by atoms with Gasteiger partial charge < -0.3 is 15.1 Å². The molecule has 3 aromatic heterocycles. The summed E-state index contributed by atoms with van der Waals surface area (Å²) in [7, 11) is 1.77. The summed E-state index contributed by atoms with van der Waals surface area (Å²) in [5.41, 5.74) is 4.76. The van der Waals surface area contributed by atoms with Crippen molar-refractivity contribution in [1.82, 2.24) is 29.4 Å². The van der Waals surface area contributed by atoms with E-state index in [0.717, 1.165) is 16.7 Å². The highest BCUT2D eigenvalue weighted by molar-refractivity contribution is 5.94. The van der Waals surface area contributed by atoms with Crippen LogP contribution in [0.25, 0.3) is 11.2 Å². The maximum Gasteiger partial charge on any atom is 0.389 e. The van der Waals surface area contributed by atoms with Gasteiger partial charge in [0.2, 0.25) is 11.9 Å². The van der Waals surface area contributed by atoms with Gasteiger partial charge in [0.15, 0.2) is 5.65 Å². The second kappa shape index (κ2) is 12.4. The number of aromatic nitrogens is 4.